The Hall–Kier alpha value is -2.35. The van der Waals surface area contributed by atoms with Gasteiger partial charge >= 0.3 is 0 Å². The van der Waals surface area contributed by atoms with E-state index in [2.05, 4.69) is 19.7 Å². The smallest absolute Gasteiger partial charge is 0.207 e. The van der Waals surface area contributed by atoms with Crippen LogP contribution in [0.5, 0.6) is 0 Å². The van der Waals surface area contributed by atoms with Gasteiger partial charge in [-0.25, -0.2) is 9.37 Å². The van der Waals surface area contributed by atoms with Crippen molar-refractivity contribution in [3.63, 3.8) is 0 Å². The molecule has 0 amide bonds. The fourth-order valence-electron chi connectivity index (χ4n) is 5.11. The molecule has 8 heteroatoms. The average molecular weight is 471 g/mol. The summed E-state index contributed by atoms with van der Waals surface area (Å²) in [4.78, 5) is 9.89. The van der Waals surface area contributed by atoms with E-state index in [0.29, 0.717) is 22.7 Å². The van der Waals surface area contributed by atoms with Crippen molar-refractivity contribution in [1.82, 2.24) is 14.9 Å². The van der Waals surface area contributed by atoms with E-state index in [0.717, 1.165) is 80.3 Å². The van der Waals surface area contributed by atoms with Crippen LogP contribution in [0.25, 0.3) is 11.0 Å². The molecule has 3 aromatic rings. The number of imidazole rings is 1. The van der Waals surface area contributed by atoms with Crippen LogP contribution in [0.15, 0.2) is 24.3 Å². The van der Waals surface area contributed by atoms with E-state index in [1.54, 1.807) is 0 Å². The first-order valence-electron chi connectivity index (χ1n) is 11.8. The molecule has 2 aromatic carbocycles. The first-order valence-corrected chi connectivity index (χ1v) is 12.2. The lowest BCUT2D eigenvalue weighted by Crippen LogP contribution is -2.44. The van der Waals surface area contributed by atoms with E-state index in [1.807, 2.05) is 38.1 Å². The highest BCUT2D eigenvalue weighted by molar-refractivity contribution is 6.31. The normalized spacial score (nSPS) is 17.8. The number of hydrogen-bond donors (Lipinski definition) is 2. The Bertz CT molecular complexity index is 1140. The summed E-state index contributed by atoms with van der Waals surface area (Å²) in [7, 11) is 0. The summed E-state index contributed by atoms with van der Waals surface area (Å²) in [5, 5.41) is 4.12. The van der Waals surface area contributed by atoms with Crippen LogP contribution in [0.3, 0.4) is 0 Å². The molecule has 3 heterocycles. The predicted molar refractivity (Wildman–Crippen MR) is 134 cm³/mol. The van der Waals surface area contributed by atoms with Crippen LogP contribution in [-0.2, 0) is 6.54 Å². The van der Waals surface area contributed by atoms with Gasteiger partial charge in [-0.3, -0.25) is 0 Å². The summed E-state index contributed by atoms with van der Waals surface area (Å²) in [6, 6.07) is 8.18. The molecule has 0 bridgehead atoms. The highest BCUT2D eigenvalue weighted by atomic mass is 35.5. The second kappa shape index (κ2) is 9.12. The largest absolute Gasteiger partial charge is 0.370 e. The molecule has 2 saturated heterocycles. The zero-order chi connectivity index (χ0) is 23.1. The molecule has 3 N–H and O–H groups in total. The first kappa shape index (κ1) is 22.4. The molecule has 0 saturated carbocycles. The van der Waals surface area contributed by atoms with Gasteiger partial charge < -0.3 is 25.4 Å². The second-order valence-electron chi connectivity index (χ2n) is 9.40. The molecule has 2 fully saturated rings. The third-order valence-corrected chi connectivity index (χ3v) is 7.11. The molecule has 176 valence electrons. The van der Waals surface area contributed by atoms with E-state index >= 15 is 0 Å². The molecule has 0 radical (unpaired) electrons. The summed E-state index contributed by atoms with van der Waals surface area (Å²) >= 11 is 6.65. The monoisotopic (exact) mass is 470 g/mol. The molecule has 5 rings (SSSR count). The van der Waals surface area contributed by atoms with Crippen molar-refractivity contribution >= 4 is 34.3 Å². The van der Waals surface area contributed by atoms with Gasteiger partial charge in [-0.2, -0.15) is 0 Å². The van der Waals surface area contributed by atoms with Gasteiger partial charge in [0.15, 0.2) is 0 Å². The van der Waals surface area contributed by atoms with Crippen molar-refractivity contribution in [3.05, 3.63) is 51.8 Å². The summed E-state index contributed by atoms with van der Waals surface area (Å²) in [5.41, 5.74) is 11.6. The summed E-state index contributed by atoms with van der Waals surface area (Å²) < 4.78 is 16.5. The fraction of sp³-hybridized carbons (Fsp3) is 0.480. The van der Waals surface area contributed by atoms with Gasteiger partial charge in [-0.15, -0.1) is 0 Å². The number of hydrogen-bond acceptors (Lipinski definition) is 5. The third-order valence-electron chi connectivity index (χ3n) is 6.90. The molecule has 33 heavy (non-hydrogen) atoms. The van der Waals surface area contributed by atoms with E-state index in [9.17, 15) is 4.39 Å². The first-order chi connectivity index (χ1) is 15.9. The van der Waals surface area contributed by atoms with Crippen molar-refractivity contribution in [2.75, 3.05) is 49.1 Å². The van der Waals surface area contributed by atoms with Crippen molar-refractivity contribution in [2.45, 2.75) is 39.3 Å². The number of anilines is 2. The van der Waals surface area contributed by atoms with Crippen molar-refractivity contribution in [1.29, 1.82) is 0 Å². The Labute approximate surface area is 199 Å². The Morgan fingerprint density at radius 2 is 1.70 bits per heavy atom. The number of fused-ring (bicyclic) bond motifs is 1. The molecular formula is C25H32ClFN6. The van der Waals surface area contributed by atoms with Crippen LogP contribution in [0.2, 0.25) is 5.02 Å². The molecule has 0 unspecified atom stereocenters. The van der Waals surface area contributed by atoms with Crippen molar-refractivity contribution in [3.8, 4) is 0 Å². The Morgan fingerprint density at radius 3 is 2.36 bits per heavy atom. The SMILES string of the molecule is Cc1cc(Cn2c(N3CCNCC3)nc3c(N4CCC(N)CC4)cc(Cl)cc32)cc(C)c1F. The lowest BCUT2D eigenvalue weighted by atomic mass is 10.0. The van der Waals surface area contributed by atoms with Gasteiger partial charge in [0.05, 0.1) is 17.7 Å². The highest BCUT2D eigenvalue weighted by Gasteiger charge is 2.25. The standard InChI is InChI=1S/C25H32ClFN6/c1-16-11-18(12-17(2)23(16)27)15-33-22-14-19(26)13-21(31-7-3-20(28)4-8-31)24(22)30-25(33)32-9-5-29-6-10-32/h11-14,20,29H,3-10,15,28H2,1-2H3. The molecule has 2 aliphatic heterocycles. The number of piperazine rings is 1. The van der Waals surface area contributed by atoms with Crippen LogP contribution < -0.4 is 20.9 Å². The minimum Gasteiger partial charge on any atom is -0.370 e. The minimum absolute atomic E-state index is 0.134. The molecule has 0 aliphatic carbocycles. The van der Waals surface area contributed by atoms with Gasteiger partial charge in [-0.05, 0) is 55.5 Å². The van der Waals surface area contributed by atoms with Crippen LogP contribution in [0.1, 0.15) is 29.5 Å². The van der Waals surface area contributed by atoms with Gasteiger partial charge in [0.25, 0.3) is 0 Å². The maximum Gasteiger partial charge on any atom is 0.207 e. The van der Waals surface area contributed by atoms with Crippen LogP contribution >= 0.6 is 11.6 Å². The Morgan fingerprint density at radius 1 is 1.03 bits per heavy atom. The van der Waals surface area contributed by atoms with Crippen LogP contribution in [0, 0.1) is 19.7 Å². The number of rotatable bonds is 4. The highest BCUT2D eigenvalue weighted by Crippen LogP contribution is 2.35. The predicted octanol–water partition coefficient (Wildman–Crippen LogP) is 3.83. The quantitative estimate of drug-likeness (QED) is 0.606. The number of aryl methyl sites for hydroxylation is 2. The van der Waals surface area contributed by atoms with Crippen LogP contribution in [-0.4, -0.2) is 54.9 Å². The maximum atomic E-state index is 14.3. The van der Waals surface area contributed by atoms with Crippen molar-refractivity contribution < 1.29 is 4.39 Å². The second-order valence-corrected chi connectivity index (χ2v) is 9.83. The number of benzene rings is 2. The zero-order valence-corrected chi connectivity index (χ0v) is 20.1. The Balaban J connectivity index is 1.64. The number of aromatic nitrogens is 2. The minimum atomic E-state index is -0.134. The number of piperidine rings is 1. The number of nitrogens with one attached hydrogen (secondary N) is 1. The fourth-order valence-corrected chi connectivity index (χ4v) is 5.32. The van der Waals surface area contributed by atoms with Gasteiger partial charge in [0, 0.05) is 50.3 Å². The van der Waals surface area contributed by atoms with Gasteiger partial charge in [0.2, 0.25) is 5.95 Å². The van der Waals surface area contributed by atoms with E-state index in [4.69, 9.17) is 22.3 Å². The summed E-state index contributed by atoms with van der Waals surface area (Å²) in [6.45, 7) is 9.72. The average Bonchev–Trinajstić information content (AvgIpc) is 3.16. The van der Waals surface area contributed by atoms with Gasteiger partial charge in [0.1, 0.15) is 11.3 Å². The number of nitrogens with two attached hydrogens (primary N) is 1. The molecule has 0 spiro atoms. The molecule has 6 nitrogen and oxygen atoms in total. The lowest BCUT2D eigenvalue weighted by molar-refractivity contribution is 0.502. The number of halogens is 2. The topological polar surface area (TPSA) is 62.4 Å². The molecule has 0 atom stereocenters. The lowest BCUT2D eigenvalue weighted by Gasteiger charge is -2.32. The van der Waals surface area contributed by atoms with E-state index in [-0.39, 0.29) is 11.9 Å². The summed E-state index contributed by atoms with van der Waals surface area (Å²) in [6.07, 6.45) is 1.93. The maximum absolute atomic E-state index is 14.3. The number of nitrogens with zero attached hydrogens (tertiary/aromatic N) is 4. The van der Waals surface area contributed by atoms with E-state index < -0.39 is 0 Å². The molecule has 2 aliphatic rings. The third kappa shape index (κ3) is 4.42. The zero-order valence-electron chi connectivity index (χ0n) is 19.4. The van der Waals surface area contributed by atoms with Gasteiger partial charge in [-0.1, -0.05) is 23.7 Å². The summed E-state index contributed by atoms with van der Waals surface area (Å²) in [5.74, 6) is 0.813. The van der Waals surface area contributed by atoms with Crippen molar-refractivity contribution in [2.24, 2.45) is 5.73 Å². The molecule has 1 aromatic heterocycles. The Kier molecular flexibility index (Phi) is 6.20. The van der Waals surface area contributed by atoms with E-state index in [1.165, 1.54) is 0 Å². The molecular weight excluding hydrogens is 439 g/mol. The van der Waals surface area contributed by atoms with Crippen LogP contribution in [0.4, 0.5) is 16.0 Å².